The topological polar surface area (TPSA) is 64.3 Å². The molecular weight excluding hydrogens is 312 g/mol. The van der Waals surface area contributed by atoms with Gasteiger partial charge in [-0.05, 0) is 31.0 Å². The summed E-state index contributed by atoms with van der Waals surface area (Å²) in [6.45, 7) is 3.02. The average Bonchev–Trinajstić information content (AvgIpc) is 2.53. The van der Waals surface area contributed by atoms with Crippen LogP contribution in [0.4, 0.5) is 5.69 Å². The highest BCUT2D eigenvalue weighted by Gasteiger charge is 2.07. The number of hydrogen-bond acceptors (Lipinski definition) is 3. The van der Waals surface area contributed by atoms with Gasteiger partial charge in [-0.1, -0.05) is 36.4 Å². The van der Waals surface area contributed by atoms with Crippen LogP contribution in [-0.4, -0.2) is 12.5 Å². The highest BCUT2D eigenvalue weighted by atomic mass is 35.5. The third-order valence-corrected chi connectivity index (χ3v) is 3.42. The molecule has 2 rings (SSSR count). The molecule has 2 aromatic carbocycles. The minimum absolute atomic E-state index is 0. The van der Waals surface area contributed by atoms with E-state index in [-0.39, 0.29) is 18.3 Å². The molecule has 0 saturated heterocycles. The Morgan fingerprint density at radius 2 is 1.74 bits per heavy atom. The summed E-state index contributed by atoms with van der Waals surface area (Å²) in [7, 11) is 0. The summed E-state index contributed by atoms with van der Waals surface area (Å²) < 4.78 is 5.55. The van der Waals surface area contributed by atoms with E-state index in [2.05, 4.69) is 5.32 Å². The first-order valence-electron chi connectivity index (χ1n) is 7.51. The van der Waals surface area contributed by atoms with E-state index in [0.29, 0.717) is 26.0 Å². The lowest BCUT2D eigenvalue weighted by Crippen LogP contribution is -2.23. The van der Waals surface area contributed by atoms with Crippen LogP contribution in [0.25, 0.3) is 0 Å². The minimum atomic E-state index is 0. The number of rotatable bonds is 7. The van der Waals surface area contributed by atoms with E-state index in [1.165, 1.54) is 0 Å². The normalized spacial score (nSPS) is 9.78. The van der Waals surface area contributed by atoms with Crippen LogP contribution in [0.3, 0.4) is 0 Å². The van der Waals surface area contributed by atoms with Crippen LogP contribution in [0, 0.1) is 0 Å². The Kier molecular flexibility index (Phi) is 7.98. The summed E-state index contributed by atoms with van der Waals surface area (Å²) in [4.78, 5) is 12.0. The van der Waals surface area contributed by atoms with Crippen molar-refractivity contribution >= 4 is 24.0 Å². The Hall–Kier alpha value is -2.20. The third-order valence-electron chi connectivity index (χ3n) is 3.42. The number of amides is 1. The number of ether oxygens (including phenoxy) is 1. The van der Waals surface area contributed by atoms with Gasteiger partial charge in [0.15, 0.2) is 0 Å². The lowest BCUT2D eigenvalue weighted by Gasteiger charge is -2.11. The van der Waals surface area contributed by atoms with Crippen molar-refractivity contribution in [3.63, 3.8) is 0 Å². The molecule has 0 heterocycles. The summed E-state index contributed by atoms with van der Waals surface area (Å²) in [5.41, 5.74) is 8.60. The number of halogens is 1. The standard InChI is InChI=1S/C18H22N2O2.ClH/c1-2-22-17-10-6-4-8-15(17)13-20-18(21)12-11-14-7-3-5-9-16(14)19;/h3-10H,2,11-13,19H2,1H3,(H,20,21);1H. The Bertz CT molecular complexity index is 632. The first-order chi connectivity index (χ1) is 10.7. The number of nitrogen functional groups attached to an aromatic ring is 1. The van der Waals surface area contributed by atoms with Gasteiger partial charge in [0.2, 0.25) is 5.91 Å². The van der Waals surface area contributed by atoms with E-state index in [1.807, 2.05) is 55.5 Å². The van der Waals surface area contributed by atoms with Gasteiger partial charge >= 0.3 is 0 Å². The summed E-state index contributed by atoms with van der Waals surface area (Å²) in [6, 6.07) is 15.4. The minimum Gasteiger partial charge on any atom is -0.494 e. The number of benzene rings is 2. The van der Waals surface area contributed by atoms with E-state index in [1.54, 1.807) is 0 Å². The lowest BCUT2D eigenvalue weighted by molar-refractivity contribution is -0.121. The van der Waals surface area contributed by atoms with Gasteiger partial charge in [0.1, 0.15) is 5.75 Å². The summed E-state index contributed by atoms with van der Waals surface area (Å²) in [6.07, 6.45) is 1.07. The molecular formula is C18H23ClN2O2. The molecule has 5 heteroatoms. The molecule has 0 saturated carbocycles. The van der Waals surface area contributed by atoms with Crippen molar-refractivity contribution in [3.05, 3.63) is 59.7 Å². The Labute approximate surface area is 143 Å². The van der Waals surface area contributed by atoms with Gasteiger partial charge in [-0.25, -0.2) is 0 Å². The van der Waals surface area contributed by atoms with Gasteiger partial charge < -0.3 is 15.8 Å². The first kappa shape index (κ1) is 18.8. The highest BCUT2D eigenvalue weighted by molar-refractivity contribution is 5.85. The maximum atomic E-state index is 12.0. The van der Waals surface area contributed by atoms with Gasteiger partial charge in [0, 0.05) is 24.2 Å². The van der Waals surface area contributed by atoms with E-state index in [4.69, 9.17) is 10.5 Å². The number of carbonyl (C=O) groups excluding carboxylic acids is 1. The maximum Gasteiger partial charge on any atom is 0.220 e. The highest BCUT2D eigenvalue weighted by Crippen LogP contribution is 2.17. The summed E-state index contributed by atoms with van der Waals surface area (Å²) in [5, 5.41) is 2.93. The number of para-hydroxylation sites is 2. The molecule has 3 N–H and O–H groups in total. The second-order valence-corrected chi connectivity index (χ2v) is 5.02. The lowest BCUT2D eigenvalue weighted by atomic mass is 10.1. The largest absolute Gasteiger partial charge is 0.494 e. The molecule has 0 aromatic heterocycles. The van der Waals surface area contributed by atoms with Crippen LogP contribution in [0.15, 0.2) is 48.5 Å². The van der Waals surface area contributed by atoms with Crippen LogP contribution < -0.4 is 15.8 Å². The average molecular weight is 335 g/mol. The van der Waals surface area contributed by atoms with Crippen LogP contribution in [0.1, 0.15) is 24.5 Å². The van der Waals surface area contributed by atoms with E-state index in [0.717, 1.165) is 22.6 Å². The molecule has 23 heavy (non-hydrogen) atoms. The van der Waals surface area contributed by atoms with E-state index in [9.17, 15) is 4.79 Å². The van der Waals surface area contributed by atoms with Crippen molar-refractivity contribution in [2.75, 3.05) is 12.3 Å². The molecule has 0 atom stereocenters. The molecule has 0 radical (unpaired) electrons. The van der Waals surface area contributed by atoms with Gasteiger partial charge in [-0.15, -0.1) is 12.4 Å². The van der Waals surface area contributed by atoms with Crippen molar-refractivity contribution in [3.8, 4) is 5.75 Å². The van der Waals surface area contributed by atoms with Crippen molar-refractivity contribution < 1.29 is 9.53 Å². The van der Waals surface area contributed by atoms with Gasteiger partial charge in [-0.2, -0.15) is 0 Å². The molecule has 0 fully saturated rings. The number of hydrogen-bond donors (Lipinski definition) is 2. The molecule has 0 unspecified atom stereocenters. The zero-order valence-electron chi connectivity index (χ0n) is 13.2. The molecule has 0 spiro atoms. The quantitative estimate of drug-likeness (QED) is 0.763. The number of carbonyl (C=O) groups is 1. The Morgan fingerprint density at radius 1 is 1.09 bits per heavy atom. The third kappa shape index (κ3) is 5.83. The molecule has 4 nitrogen and oxygen atoms in total. The van der Waals surface area contributed by atoms with Crippen molar-refractivity contribution in [2.45, 2.75) is 26.3 Å². The molecule has 0 aliphatic rings. The SMILES string of the molecule is CCOc1ccccc1CNC(=O)CCc1ccccc1N.Cl. The van der Waals surface area contributed by atoms with Crippen molar-refractivity contribution in [2.24, 2.45) is 0 Å². The van der Waals surface area contributed by atoms with Crippen LogP contribution in [0.2, 0.25) is 0 Å². The molecule has 124 valence electrons. The van der Waals surface area contributed by atoms with Crippen LogP contribution in [-0.2, 0) is 17.8 Å². The fourth-order valence-corrected chi connectivity index (χ4v) is 2.24. The maximum absolute atomic E-state index is 12.0. The zero-order valence-corrected chi connectivity index (χ0v) is 14.1. The molecule has 0 aliphatic carbocycles. The predicted molar refractivity (Wildman–Crippen MR) is 95.9 cm³/mol. The fraction of sp³-hybridized carbons (Fsp3) is 0.278. The van der Waals surface area contributed by atoms with Crippen LogP contribution >= 0.6 is 12.4 Å². The number of aryl methyl sites for hydroxylation is 1. The first-order valence-corrected chi connectivity index (χ1v) is 7.51. The Balaban J connectivity index is 0.00000264. The van der Waals surface area contributed by atoms with Crippen LogP contribution in [0.5, 0.6) is 5.75 Å². The smallest absolute Gasteiger partial charge is 0.220 e. The molecule has 1 amide bonds. The van der Waals surface area contributed by atoms with Crippen molar-refractivity contribution in [1.29, 1.82) is 0 Å². The number of anilines is 1. The second-order valence-electron chi connectivity index (χ2n) is 5.02. The second kappa shape index (κ2) is 9.74. The summed E-state index contributed by atoms with van der Waals surface area (Å²) in [5.74, 6) is 0.826. The molecule has 0 aliphatic heterocycles. The van der Waals surface area contributed by atoms with Gasteiger partial charge in [0.05, 0.1) is 6.61 Å². The summed E-state index contributed by atoms with van der Waals surface area (Å²) >= 11 is 0. The van der Waals surface area contributed by atoms with E-state index >= 15 is 0 Å². The van der Waals surface area contributed by atoms with Crippen molar-refractivity contribution in [1.82, 2.24) is 5.32 Å². The molecule has 0 bridgehead atoms. The molecule has 2 aromatic rings. The Morgan fingerprint density at radius 3 is 2.43 bits per heavy atom. The van der Waals surface area contributed by atoms with E-state index < -0.39 is 0 Å². The number of nitrogens with one attached hydrogen (secondary N) is 1. The fourth-order valence-electron chi connectivity index (χ4n) is 2.24. The van der Waals surface area contributed by atoms with Gasteiger partial charge in [0.25, 0.3) is 0 Å². The monoisotopic (exact) mass is 334 g/mol. The number of nitrogens with two attached hydrogens (primary N) is 1. The van der Waals surface area contributed by atoms with Gasteiger partial charge in [-0.3, -0.25) is 4.79 Å². The zero-order chi connectivity index (χ0) is 15.8. The predicted octanol–water partition coefficient (Wildman–Crippen LogP) is 3.34.